The van der Waals surface area contributed by atoms with Gasteiger partial charge in [0.1, 0.15) is 5.82 Å². The van der Waals surface area contributed by atoms with Crippen LogP contribution in [0.3, 0.4) is 0 Å². The van der Waals surface area contributed by atoms with Gasteiger partial charge in [-0.1, -0.05) is 0 Å². The minimum absolute atomic E-state index is 0.0447. The Morgan fingerprint density at radius 1 is 1.37 bits per heavy atom. The van der Waals surface area contributed by atoms with Gasteiger partial charge in [0.25, 0.3) is 0 Å². The smallest absolute Gasteiger partial charge is 0.337 e. The number of hydrogen-bond donors (Lipinski definition) is 1. The lowest BCUT2D eigenvalue weighted by Crippen LogP contribution is -2.42. The molecule has 5 heteroatoms. The maximum absolute atomic E-state index is 13.2. The van der Waals surface area contributed by atoms with Crippen molar-refractivity contribution >= 4 is 11.7 Å². The standard InChI is InChI=1S/C14H19FN2O2/c1-16(2)11-5-7-17(8-6-11)13-4-3-10(15)9-12(13)14(18)19/h3-4,9,11H,5-8H2,1-2H3,(H,18,19). The average molecular weight is 266 g/mol. The van der Waals surface area contributed by atoms with Crippen LogP contribution in [0.1, 0.15) is 23.2 Å². The highest BCUT2D eigenvalue weighted by atomic mass is 19.1. The van der Waals surface area contributed by atoms with Crippen molar-refractivity contribution in [2.45, 2.75) is 18.9 Å². The fourth-order valence-electron chi connectivity index (χ4n) is 2.58. The molecule has 1 N–H and O–H groups in total. The molecule has 1 aliphatic heterocycles. The third-order valence-corrected chi connectivity index (χ3v) is 3.72. The van der Waals surface area contributed by atoms with Crippen LogP contribution >= 0.6 is 0 Å². The Labute approximate surface area is 112 Å². The summed E-state index contributed by atoms with van der Waals surface area (Å²) in [5.74, 6) is -1.59. The van der Waals surface area contributed by atoms with Gasteiger partial charge in [0.05, 0.1) is 11.3 Å². The van der Waals surface area contributed by atoms with Gasteiger partial charge in [-0.3, -0.25) is 0 Å². The predicted molar refractivity (Wildman–Crippen MR) is 72.3 cm³/mol. The maximum atomic E-state index is 13.2. The minimum atomic E-state index is -1.08. The van der Waals surface area contributed by atoms with E-state index in [4.69, 9.17) is 5.11 Å². The lowest BCUT2D eigenvalue weighted by Gasteiger charge is -2.37. The molecule has 0 aliphatic carbocycles. The van der Waals surface area contributed by atoms with Crippen LogP contribution in [-0.4, -0.2) is 49.2 Å². The quantitative estimate of drug-likeness (QED) is 0.909. The summed E-state index contributed by atoms with van der Waals surface area (Å²) in [7, 11) is 4.11. The Hall–Kier alpha value is -1.62. The molecule has 0 aromatic heterocycles. The second kappa shape index (κ2) is 5.57. The summed E-state index contributed by atoms with van der Waals surface area (Å²) in [6, 6.07) is 4.51. The Kier molecular flexibility index (Phi) is 4.04. The molecular weight excluding hydrogens is 247 g/mol. The molecule has 104 valence electrons. The summed E-state index contributed by atoms with van der Waals surface area (Å²) < 4.78 is 13.2. The van der Waals surface area contributed by atoms with Crippen LogP contribution in [0, 0.1) is 5.82 Å². The lowest BCUT2D eigenvalue weighted by molar-refractivity contribution is 0.0697. The molecule has 0 atom stereocenters. The van der Waals surface area contributed by atoms with Crippen LogP contribution in [0.2, 0.25) is 0 Å². The zero-order valence-corrected chi connectivity index (χ0v) is 11.3. The number of aromatic carboxylic acids is 1. The van der Waals surface area contributed by atoms with Crippen LogP contribution in [0.25, 0.3) is 0 Å². The topological polar surface area (TPSA) is 43.8 Å². The van der Waals surface area contributed by atoms with Crippen LogP contribution in [0.4, 0.5) is 10.1 Å². The molecule has 1 heterocycles. The second-order valence-electron chi connectivity index (χ2n) is 5.15. The van der Waals surface area contributed by atoms with Crippen LogP contribution < -0.4 is 4.90 Å². The van der Waals surface area contributed by atoms with Gasteiger partial charge in [0, 0.05) is 19.1 Å². The van der Waals surface area contributed by atoms with E-state index in [0.717, 1.165) is 32.0 Å². The van der Waals surface area contributed by atoms with Crippen molar-refractivity contribution in [3.8, 4) is 0 Å². The van der Waals surface area contributed by atoms with Crippen LogP contribution in [-0.2, 0) is 0 Å². The van der Waals surface area contributed by atoms with Gasteiger partial charge in [0.15, 0.2) is 0 Å². The molecule has 4 nitrogen and oxygen atoms in total. The first-order chi connectivity index (χ1) is 8.99. The average Bonchev–Trinajstić information content (AvgIpc) is 2.38. The first kappa shape index (κ1) is 13.8. The molecular formula is C14H19FN2O2. The summed E-state index contributed by atoms with van der Waals surface area (Å²) in [5, 5.41) is 9.16. The Balaban J connectivity index is 2.17. The second-order valence-corrected chi connectivity index (χ2v) is 5.15. The summed E-state index contributed by atoms with van der Waals surface area (Å²) in [6.07, 6.45) is 1.98. The monoisotopic (exact) mass is 266 g/mol. The molecule has 2 rings (SSSR count). The highest BCUT2D eigenvalue weighted by molar-refractivity contribution is 5.94. The van der Waals surface area contributed by atoms with E-state index >= 15 is 0 Å². The SMILES string of the molecule is CN(C)C1CCN(c2ccc(F)cc2C(=O)O)CC1. The number of anilines is 1. The molecule has 1 aromatic rings. The highest BCUT2D eigenvalue weighted by Gasteiger charge is 2.23. The number of benzene rings is 1. The first-order valence-corrected chi connectivity index (χ1v) is 6.43. The summed E-state index contributed by atoms with van der Waals surface area (Å²) in [5.41, 5.74) is 0.661. The van der Waals surface area contributed by atoms with Crippen molar-refractivity contribution in [3.63, 3.8) is 0 Å². The van der Waals surface area contributed by atoms with Crippen molar-refractivity contribution in [2.75, 3.05) is 32.1 Å². The molecule has 1 fully saturated rings. The van der Waals surface area contributed by atoms with Crippen LogP contribution in [0.5, 0.6) is 0 Å². The fourth-order valence-corrected chi connectivity index (χ4v) is 2.58. The van der Waals surface area contributed by atoms with E-state index in [2.05, 4.69) is 19.0 Å². The molecule has 0 spiro atoms. The zero-order chi connectivity index (χ0) is 14.0. The van der Waals surface area contributed by atoms with Gasteiger partial charge >= 0.3 is 5.97 Å². The number of carbonyl (C=O) groups is 1. The number of carboxylic acids is 1. The van der Waals surface area contributed by atoms with Gasteiger partial charge in [-0.2, -0.15) is 0 Å². The third-order valence-electron chi connectivity index (χ3n) is 3.72. The predicted octanol–water partition coefficient (Wildman–Crippen LogP) is 2.05. The van der Waals surface area contributed by atoms with Gasteiger partial charge < -0.3 is 14.9 Å². The number of piperidine rings is 1. The van der Waals surface area contributed by atoms with E-state index < -0.39 is 11.8 Å². The first-order valence-electron chi connectivity index (χ1n) is 6.43. The molecule has 0 unspecified atom stereocenters. The van der Waals surface area contributed by atoms with E-state index in [-0.39, 0.29) is 5.56 Å². The van der Waals surface area contributed by atoms with Gasteiger partial charge in [0.2, 0.25) is 0 Å². The van der Waals surface area contributed by atoms with E-state index in [1.54, 1.807) is 6.07 Å². The Bertz CT molecular complexity index is 469. The number of nitrogens with zero attached hydrogens (tertiary/aromatic N) is 2. The van der Waals surface area contributed by atoms with Crippen LogP contribution in [0.15, 0.2) is 18.2 Å². The molecule has 1 aliphatic rings. The molecule has 1 aromatic carbocycles. The Morgan fingerprint density at radius 3 is 2.53 bits per heavy atom. The number of carboxylic acid groups (broad SMARTS) is 1. The minimum Gasteiger partial charge on any atom is -0.478 e. The largest absolute Gasteiger partial charge is 0.478 e. The molecule has 0 bridgehead atoms. The highest BCUT2D eigenvalue weighted by Crippen LogP contribution is 2.26. The van der Waals surface area contributed by atoms with E-state index in [0.29, 0.717) is 11.7 Å². The molecule has 1 saturated heterocycles. The normalized spacial score (nSPS) is 16.9. The summed E-state index contributed by atoms with van der Waals surface area (Å²) in [6.45, 7) is 1.60. The Morgan fingerprint density at radius 2 is 2.00 bits per heavy atom. The van der Waals surface area contributed by atoms with Crippen molar-refractivity contribution in [1.82, 2.24) is 4.90 Å². The van der Waals surface area contributed by atoms with Crippen molar-refractivity contribution in [1.29, 1.82) is 0 Å². The number of rotatable bonds is 3. The van der Waals surface area contributed by atoms with Gasteiger partial charge in [-0.15, -0.1) is 0 Å². The fraction of sp³-hybridized carbons (Fsp3) is 0.500. The van der Waals surface area contributed by atoms with Crippen molar-refractivity contribution in [3.05, 3.63) is 29.6 Å². The van der Waals surface area contributed by atoms with Crippen molar-refractivity contribution < 1.29 is 14.3 Å². The summed E-state index contributed by atoms with van der Waals surface area (Å²) in [4.78, 5) is 15.4. The molecule has 0 amide bonds. The molecule has 0 saturated carbocycles. The van der Waals surface area contributed by atoms with Gasteiger partial charge in [-0.25, -0.2) is 9.18 Å². The van der Waals surface area contributed by atoms with E-state index in [9.17, 15) is 9.18 Å². The number of hydrogen-bond acceptors (Lipinski definition) is 3. The van der Waals surface area contributed by atoms with Crippen molar-refractivity contribution in [2.24, 2.45) is 0 Å². The van der Waals surface area contributed by atoms with E-state index in [1.807, 2.05) is 4.90 Å². The zero-order valence-electron chi connectivity index (χ0n) is 11.3. The van der Waals surface area contributed by atoms with Gasteiger partial charge in [-0.05, 0) is 45.1 Å². The van der Waals surface area contributed by atoms with E-state index in [1.165, 1.54) is 6.07 Å². The lowest BCUT2D eigenvalue weighted by atomic mass is 10.0. The molecule has 19 heavy (non-hydrogen) atoms. The molecule has 0 radical (unpaired) electrons. The third kappa shape index (κ3) is 3.04. The summed E-state index contributed by atoms with van der Waals surface area (Å²) >= 11 is 0. The number of halogens is 1. The maximum Gasteiger partial charge on any atom is 0.337 e.